The molecule has 2 aromatic rings. The van der Waals surface area contributed by atoms with Crippen LogP contribution in [0.2, 0.25) is 10.0 Å². The Morgan fingerprint density at radius 3 is 2.16 bits per heavy atom. The lowest BCUT2D eigenvalue weighted by Crippen LogP contribution is -2.32. The zero-order valence-electron chi connectivity index (χ0n) is 13.3. The molecule has 0 aromatic heterocycles. The third kappa shape index (κ3) is 3.38. The summed E-state index contributed by atoms with van der Waals surface area (Å²) in [7, 11) is 0. The number of hydrogen-bond donors (Lipinski definition) is 1. The van der Waals surface area contributed by atoms with Crippen LogP contribution in [0.25, 0.3) is 0 Å². The lowest BCUT2D eigenvalue weighted by molar-refractivity contribution is -0.116. The van der Waals surface area contributed by atoms with E-state index in [1.54, 1.807) is 6.07 Å². The van der Waals surface area contributed by atoms with Crippen LogP contribution in [0.4, 0.5) is 5.69 Å². The fourth-order valence-electron chi connectivity index (χ4n) is 2.63. The number of benzene rings is 2. The SMILES string of the molecule is Cc1ccccc1NC(=O)CCN1C(=O)c2cc(Cl)c(Cl)cc2C1=O. The second kappa shape index (κ2) is 6.86. The molecule has 25 heavy (non-hydrogen) atoms. The molecule has 0 bridgehead atoms. The van der Waals surface area contributed by atoms with Crippen molar-refractivity contribution >= 4 is 46.6 Å². The first-order valence-corrected chi connectivity index (χ1v) is 8.35. The molecule has 0 fully saturated rings. The van der Waals surface area contributed by atoms with E-state index in [0.29, 0.717) is 5.69 Å². The first-order valence-electron chi connectivity index (χ1n) is 7.59. The molecule has 0 saturated carbocycles. The zero-order chi connectivity index (χ0) is 18.1. The minimum Gasteiger partial charge on any atom is -0.326 e. The fourth-order valence-corrected chi connectivity index (χ4v) is 2.95. The van der Waals surface area contributed by atoms with Gasteiger partial charge in [-0.15, -0.1) is 0 Å². The van der Waals surface area contributed by atoms with Crippen molar-refractivity contribution in [3.05, 3.63) is 63.1 Å². The number of rotatable bonds is 4. The molecule has 7 heteroatoms. The lowest BCUT2D eigenvalue weighted by Gasteiger charge is -2.14. The molecule has 128 valence electrons. The molecule has 5 nitrogen and oxygen atoms in total. The number of hydrogen-bond acceptors (Lipinski definition) is 3. The van der Waals surface area contributed by atoms with E-state index in [9.17, 15) is 14.4 Å². The van der Waals surface area contributed by atoms with Gasteiger partial charge in [-0.3, -0.25) is 19.3 Å². The maximum absolute atomic E-state index is 12.4. The van der Waals surface area contributed by atoms with E-state index < -0.39 is 11.8 Å². The quantitative estimate of drug-likeness (QED) is 0.822. The van der Waals surface area contributed by atoms with Crippen LogP contribution >= 0.6 is 23.2 Å². The second-order valence-electron chi connectivity index (χ2n) is 5.69. The van der Waals surface area contributed by atoms with Gasteiger partial charge in [-0.05, 0) is 30.7 Å². The zero-order valence-corrected chi connectivity index (χ0v) is 14.8. The summed E-state index contributed by atoms with van der Waals surface area (Å²) in [4.78, 5) is 37.9. The van der Waals surface area contributed by atoms with E-state index in [0.717, 1.165) is 10.5 Å². The highest BCUT2D eigenvalue weighted by Crippen LogP contribution is 2.31. The van der Waals surface area contributed by atoms with Gasteiger partial charge in [0.15, 0.2) is 0 Å². The molecular weight excluding hydrogens is 363 g/mol. The van der Waals surface area contributed by atoms with E-state index in [1.807, 2.05) is 25.1 Å². The van der Waals surface area contributed by atoms with Gasteiger partial charge in [0, 0.05) is 18.7 Å². The van der Waals surface area contributed by atoms with Crippen LogP contribution in [-0.2, 0) is 4.79 Å². The molecule has 1 aliphatic rings. The van der Waals surface area contributed by atoms with Crippen LogP contribution in [0.5, 0.6) is 0 Å². The number of anilines is 1. The van der Waals surface area contributed by atoms with Gasteiger partial charge in [0.1, 0.15) is 0 Å². The number of nitrogens with zero attached hydrogens (tertiary/aromatic N) is 1. The molecule has 0 radical (unpaired) electrons. The van der Waals surface area contributed by atoms with Crippen molar-refractivity contribution < 1.29 is 14.4 Å². The van der Waals surface area contributed by atoms with Crippen molar-refractivity contribution in [3.63, 3.8) is 0 Å². The molecule has 3 rings (SSSR count). The van der Waals surface area contributed by atoms with Gasteiger partial charge in [-0.1, -0.05) is 41.4 Å². The number of halogens is 2. The molecule has 0 saturated heterocycles. The summed E-state index contributed by atoms with van der Waals surface area (Å²) in [6.07, 6.45) is 0.00126. The number of carbonyl (C=O) groups is 3. The third-order valence-electron chi connectivity index (χ3n) is 3.99. The lowest BCUT2D eigenvalue weighted by atomic mass is 10.1. The van der Waals surface area contributed by atoms with E-state index >= 15 is 0 Å². The molecule has 1 N–H and O–H groups in total. The van der Waals surface area contributed by atoms with Crippen LogP contribution in [0.1, 0.15) is 32.7 Å². The highest BCUT2D eigenvalue weighted by molar-refractivity contribution is 6.43. The van der Waals surface area contributed by atoms with Gasteiger partial charge in [0.2, 0.25) is 5.91 Å². The Labute approximate surface area is 154 Å². The molecule has 2 aromatic carbocycles. The monoisotopic (exact) mass is 376 g/mol. The van der Waals surface area contributed by atoms with Gasteiger partial charge >= 0.3 is 0 Å². The van der Waals surface area contributed by atoms with Gasteiger partial charge in [-0.25, -0.2) is 0 Å². The van der Waals surface area contributed by atoms with Crippen LogP contribution in [0, 0.1) is 6.92 Å². The molecule has 0 spiro atoms. The molecule has 3 amide bonds. The summed E-state index contributed by atoms with van der Waals surface area (Å²) < 4.78 is 0. The maximum Gasteiger partial charge on any atom is 0.261 e. The number of para-hydroxylation sites is 1. The Morgan fingerprint density at radius 1 is 1.04 bits per heavy atom. The Kier molecular flexibility index (Phi) is 4.79. The number of fused-ring (bicyclic) bond motifs is 1. The highest BCUT2D eigenvalue weighted by atomic mass is 35.5. The van der Waals surface area contributed by atoms with Gasteiger partial charge in [0.05, 0.1) is 21.2 Å². The standard InChI is InChI=1S/C18H14Cl2N2O3/c1-10-4-2-3-5-15(10)21-16(23)6-7-22-17(24)11-8-13(19)14(20)9-12(11)18(22)25/h2-5,8-9H,6-7H2,1H3,(H,21,23). The Hall–Kier alpha value is -2.37. The van der Waals surface area contributed by atoms with E-state index in [4.69, 9.17) is 23.2 Å². The van der Waals surface area contributed by atoms with Crippen LogP contribution in [-0.4, -0.2) is 29.2 Å². The molecule has 0 unspecified atom stereocenters. The average Bonchev–Trinajstić information content (AvgIpc) is 2.79. The Balaban J connectivity index is 1.68. The number of nitrogens with one attached hydrogen (secondary N) is 1. The van der Waals surface area contributed by atoms with Crippen molar-refractivity contribution in [2.24, 2.45) is 0 Å². The minimum atomic E-state index is -0.470. The fraction of sp³-hybridized carbons (Fsp3) is 0.167. The third-order valence-corrected chi connectivity index (χ3v) is 4.72. The topological polar surface area (TPSA) is 66.5 Å². The summed E-state index contributed by atoms with van der Waals surface area (Å²) in [6.45, 7) is 1.87. The van der Waals surface area contributed by atoms with Gasteiger partial charge < -0.3 is 5.32 Å². The van der Waals surface area contributed by atoms with E-state index in [1.165, 1.54) is 12.1 Å². The van der Waals surface area contributed by atoms with Gasteiger partial charge in [-0.2, -0.15) is 0 Å². The maximum atomic E-state index is 12.4. The predicted octanol–water partition coefficient (Wildman–Crippen LogP) is 3.93. The summed E-state index contributed by atoms with van der Waals surface area (Å²) in [5, 5.41) is 3.19. The average molecular weight is 377 g/mol. The predicted molar refractivity (Wildman–Crippen MR) is 96.3 cm³/mol. The summed E-state index contributed by atoms with van der Waals surface area (Å²) in [5.41, 5.74) is 2.05. The minimum absolute atomic E-state index is 0.00126. The largest absolute Gasteiger partial charge is 0.326 e. The van der Waals surface area contributed by atoms with Crippen molar-refractivity contribution in [2.45, 2.75) is 13.3 Å². The second-order valence-corrected chi connectivity index (χ2v) is 6.50. The number of imide groups is 1. The summed E-state index contributed by atoms with van der Waals surface area (Å²) in [6, 6.07) is 10.1. The normalized spacial score (nSPS) is 13.2. The Morgan fingerprint density at radius 2 is 1.60 bits per heavy atom. The van der Waals surface area contributed by atoms with Crippen molar-refractivity contribution in [3.8, 4) is 0 Å². The van der Waals surface area contributed by atoms with E-state index in [-0.39, 0.29) is 40.0 Å². The molecule has 0 atom stereocenters. The smallest absolute Gasteiger partial charge is 0.261 e. The number of carbonyl (C=O) groups excluding carboxylic acids is 3. The Bertz CT molecular complexity index is 855. The van der Waals surface area contributed by atoms with Crippen LogP contribution in [0.15, 0.2) is 36.4 Å². The summed E-state index contributed by atoms with van der Waals surface area (Å²) in [5.74, 6) is -1.22. The molecule has 1 heterocycles. The van der Waals surface area contributed by atoms with Crippen LogP contribution < -0.4 is 5.32 Å². The van der Waals surface area contributed by atoms with Crippen molar-refractivity contribution in [2.75, 3.05) is 11.9 Å². The highest BCUT2D eigenvalue weighted by Gasteiger charge is 2.36. The molecule has 1 aliphatic heterocycles. The van der Waals surface area contributed by atoms with Crippen molar-refractivity contribution in [1.29, 1.82) is 0 Å². The van der Waals surface area contributed by atoms with E-state index in [2.05, 4.69) is 5.32 Å². The number of aryl methyl sites for hydroxylation is 1. The first kappa shape index (κ1) is 17.5. The summed E-state index contributed by atoms with van der Waals surface area (Å²) >= 11 is 11.8. The van der Waals surface area contributed by atoms with Crippen LogP contribution in [0.3, 0.4) is 0 Å². The van der Waals surface area contributed by atoms with Gasteiger partial charge in [0.25, 0.3) is 11.8 Å². The first-order chi connectivity index (χ1) is 11.9. The molecule has 0 aliphatic carbocycles. The number of amides is 3. The molecular formula is C18H14Cl2N2O3. The van der Waals surface area contributed by atoms with Crippen molar-refractivity contribution in [1.82, 2.24) is 4.90 Å².